The molecule has 2 aliphatic heterocycles. The molecule has 158 valence electrons. The molecule has 1 saturated carbocycles. The first-order valence-electron chi connectivity index (χ1n) is 10.6. The summed E-state index contributed by atoms with van der Waals surface area (Å²) in [6.45, 7) is 2.25. The van der Waals surface area contributed by atoms with Crippen molar-refractivity contribution in [2.45, 2.75) is 69.6 Å². The van der Waals surface area contributed by atoms with Crippen molar-refractivity contribution in [1.82, 2.24) is 15.1 Å². The largest absolute Gasteiger partial charge is 0.376 e. The highest BCUT2D eigenvalue weighted by Crippen LogP contribution is 2.35. The minimum Gasteiger partial charge on any atom is -0.376 e. The average molecular weight is 420 g/mol. The summed E-state index contributed by atoms with van der Waals surface area (Å²) in [5.41, 5.74) is -0.674. The molecule has 3 heterocycles. The van der Waals surface area contributed by atoms with Crippen molar-refractivity contribution in [3.05, 3.63) is 22.4 Å². The molecule has 0 bridgehead atoms. The van der Waals surface area contributed by atoms with Crippen molar-refractivity contribution in [3.63, 3.8) is 0 Å². The predicted octanol–water partition coefficient (Wildman–Crippen LogP) is 2.90. The molecule has 7 nitrogen and oxygen atoms in total. The first-order chi connectivity index (χ1) is 14.1. The first kappa shape index (κ1) is 20.3. The number of thiophene rings is 1. The summed E-state index contributed by atoms with van der Waals surface area (Å²) in [6, 6.07) is 3.72. The molecule has 29 heavy (non-hydrogen) atoms. The Hall–Kier alpha value is -1.93. The van der Waals surface area contributed by atoms with Crippen LogP contribution in [0.3, 0.4) is 0 Å². The number of ether oxygens (including phenoxy) is 1. The van der Waals surface area contributed by atoms with E-state index in [4.69, 9.17) is 4.74 Å². The molecule has 1 unspecified atom stereocenters. The summed E-state index contributed by atoms with van der Waals surface area (Å²) in [6.07, 6.45) is 6.33. The molecule has 1 aromatic rings. The lowest BCUT2D eigenvalue weighted by Crippen LogP contribution is -2.44. The fourth-order valence-electron chi connectivity index (χ4n) is 4.62. The molecule has 8 heteroatoms. The fourth-order valence-corrected chi connectivity index (χ4v) is 5.34. The zero-order valence-corrected chi connectivity index (χ0v) is 17.5. The fraction of sp³-hybridized carbons (Fsp3) is 0.667. The molecular weight excluding hydrogens is 390 g/mol. The second-order valence-corrected chi connectivity index (χ2v) is 9.30. The molecular formula is C21H29N3O4S. The molecule has 1 N–H and O–H groups in total. The second-order valence-electron chi connectivity index (χ2n) is 8.27. The van der Waals surface area contributed by atoms with Crippen molar-refractivity contribution in [1.29, 1.82) is 0 Å². The third-order valence-electron chi connectivity index (χ3n) is 6.20. The number of carbonyl (C=O) groups excluding carboxylic acids is 3. The maximum atomic E-state index is 12.9. The lowest BCUT2D eigenvalue weighted by atomic mass is 9.98. The van der Waals surface area contributed by atoms with E-state index in [0.717, 1.165) is 50.0 Å². The van der Waals surface area contributed by atoms with E-state index < -0.39 is 5.54 Å². The van der Waals surface area contributed by atoms with E-state index in [9.17, 15) is 14.4 Å². The van der Waals surface area contributed by atoms with Gasteiger partial charge in [-0.2, -0.15) is 0 Å². The van der Waals surface area contributed by atoms with Crippen LogP contribution in [0, 0.1) is 0 Å². The van der Waals surface area contributed by atoms with Gasteiger partial charge in [-0.3, -0.25) is 14.5 Å². The maximum absolute atomic E-state index is 12.9. The zero-order valence-electron chi connectivity index (χ0n) is 16.7. The Morgan fingerprint density at radius 1 is 1.31 bits per heavy atom. The number of hydrogen-bond acceptors (Lipinski definition) is 5. The maximum Gasteiger partial charge on any atom is 0.325 e. The van der Waals surface area contributed by atoms with Crippen LogP contribution in [-0.4, -0.2) is 59.0 Å². The van der Waals surface area contributed by atoms with Crippen LogP contribution in [0.4, 0.5) is 4.79 Å². The number of urea groups is 1. The summed E-state index contributed by atoms with van der Waals surface area (Å²) in [4.78, 5) is 42.2. The summed E-state index contributed by atoms with van der Waals surface area (Å²) < 4.78 is 5.72. The summed E-state index contributed by atoms with van der Waals surface area (Å²) in [7, 11) is 0. The molecule has 1 spiro atoms. The van der Waals surface area contributed by atoms with Gasteiger partial charge in [0.25, 0.3) is 5.91 Å². The first-order valence-corrected chi connectivity index (χ1v) is 11.5. The van der Waals surface area contributed by atoms with Crippen molar-refractivity contribution in [2.75, 3.05) is 19.7 Å². The quantitative estimate of drug-likeness (QED) is 0.657. The van der Waals surface area contributed by atoms with Gasteiger partial charge in [-0.25, -0.2) is 4.79 Å². The van der Waals surface area contributed by atoms with Crippen LogP contribution in [0.2, 0.25) is 0 Å². The number of nitrogens with zero attached hydrogens (tertiary/aromatic N) is 2. The Kier molecular flexibility index (Phi) is 6.20. The van der Waals surface area contributed by atoms with Gasteiger partial charge < -0.3 is 15.0 Å². The second kappa shape index (κ2) is 8.83. The van der Waals surface area contributed by atoms with Gasteiger partial charge in [0, 0.05) is 31.0 Å². The lowest BCUT2D eigenvalue weighted by molar-refractivity contribution is -0.134. The Labute approximate surface area is 175 Å². The van der Waals surface area contributed by atoms with Crippen molar-refractivity contribution < 1.29 is 19.1 Å². The minimum atomic E-state index is -0.674. The topological polar surface area (TPSA) is 79.0 Å². The predicted molar refractivity (Wildman–Crippen MR) is 109 cm³/mol. The highest BCUT2D eigenvalue weighted by atomic mass is 32.1. The van der Waals surface area contributed by atoms with E-state index >= 15 is 0 Å². The Morgan fingerprint density at radius 2 is 2.14 bits per heavy atom. The van der Waals surface area contributed by atoms with Gasteiger partial charge in [0.2, 0.25) is 5.91 Å². The Balaban J connectivity index is 1.31. The van der Waals surface area contributed by atoms with Gasteiger partial charge in [-0.05, 0) is 43.6 Å². The highest BCUT2D eigenvalue weighted by Gasteiger charge is 2.52. The minimum absolute atomic E-state index is 0.0523. The van der Waals surface area contributed by atoms with Crippen molar-refractivity contribution in [3.8, 4) is 0 Å². The molecule has 1 atom stereocenters. The van der Waals surface area contributed by atoms with Gasteiger partial charge in [0.15, 0.2) is 0 Å². The number of amides is 4. The molecule has 0 aromatic carbocycles. The van der Waals surface area contributed by atoms with E-state index in [2.05, 4.69) is 5.32 Å². The molecule has 3 fully saturated rings. The standard InChI is InChI=1S/C21H29N3O4S/c25-18(23(14-16-6-4-12-28-16)15-17-7-5-13-29-17)8-3-11-24-19(26)21(22-20(24)27)9-1-2-10-21/h5,7,13,16H,1-4,6,8-12,14-15H2,(H,22,27). The lowest BCUT2D eigenvalue weighted by Gasteiger charge is -2.25. The number of carbonyl (C=O) groups is 3. The van der Waals surface area contributed by atoms with E-state index in [1.807, 2.05) is 22.4 Å². The Bertz CT molecular complexity index is 739. The van der Waals surface area contributed by atoms with E-state index in [0.29, 0.717) is 32.5 Å². The van der Waals surface area contributed by atoms with Gasteiger partial charge >= 0.3 is 6.03 Å². The van der Waals surface area contributed by atoms with Gasteiger partial charge in [0.05, 0.1) is 12.6 Å². The van der Waals surface area contributed by atoms with Crippen LogP contribution < -0.4 is 5.32 Å². The van der Waals surface area contributed by atoms with Gasteiger partial charge in [0.1, 0.15) is 5.54 Å². The SMILES string of the molecule is O=C(CCCN1C(=O)NC2(CCCC2)C1=O)N(Cc1cccs1)CC1CCCO1. The Morgan fingerprint density at radius 3 is 2.83 bits per heavy atom. The molecule has 0 radical (unpaired) electrons. The van der Waals surface area contributed by atoms with E-state index in [1.165, 1.54) is 4.90 Å². The van der Waals surface area contributed by atoms with Crippen LogP contribution in [0.25, 0.3) is 0 Å². The number of rotatable bonds is 8. The van der Waals surface area contributed by atoms with Crippen molar-refractivity contribution in [2.24, 2.45) is 0 Å². The molecule has 4 rings (SSSR count). The van der Waals surface area contributed by atoms with Crippen LogP contribution in [-0.2, 0) is 20.9 Å². The molecule has 3 aliphatic rings. The van der Waals surface area contributed by atoms with Crippen LogP contribution in [0.1, 0.15) is 56.2 Å². The van der Waals surface area contributed by atoms with Crippen LogP contribution >= 0.6 is 11.3 Å². The van der Waals surface area contributed by atoms with Gasteiger partial charge in [-0.1, -0.05) is 18.9 Å². The third kappa shape index (κ3) is 4.48. The number of nitrogens with one attached hydrogen (secondary N) is 1. The van der Waals surface area contributed by atoms with Crippen LogP contribution in [0.5, 0.6) is 0 Å². The normalized spacial score (nSPS) is 23.2. The van der Waals surface area contributed by atoms with Crippen LogP contribution in [0.15, 0.2) is 17.5 Å². The highest BCUT2D eigenvalue weighted by molar-refractivity contribution is 7.09. The third-order valence-corrected chi connectivity index (χ3v) is 7.06. The summed E-state index contributed by atoms with van der Waals surface area (Å²) in [5, 5.41) is 4.91. The smallest absolute Gasteiger partial charge is 0.325 e. The average Bonchev–Trinajstić information content (AvgIpc) is 3.48. The molecule has 1 aliphatic carbocycles. The summed E-state index contributed by atoms with van der Waals surface area (Å²) in [5.74, 6) is -0.0567. The van der Waals surface area contributed by atoms with Crippen molar-refractivity contribution >= 4 is 29.2 Å². The molecule has 4 amide bonds. The van der Waals surface area contributed by atoms with E-state index in [1.54, 1.807) is 11.3 Å². The van der Waals surface area contributed by atoms with E-state index in [-0.39, 0.29) is 23.9 Å². The zero-order chi connectivity index (χ0) is 20.3. The number of imide groups is 1. The molecule has 1 aromatic heterocycles. The van der Waals surface area contributed by atoms with Gasteiger partial charge in [-0.15, -0.1) is 11.3 Å². The monoisotopic (exact) mass is 419 g/mol. The summed E-state index contributed by atoms with van der Waals surface area (Å²) >= 11 is 1.64. The number of hydrogen-bond donors (Lipinski definition) is 1. The molecule has 2 saturated heterocycles.